The summed E-state index contributed by atoms with van der Waals surface area (Å²) in [6, 6.07) is 0. The SMILES string of the molecule is CCOC(=O)c1ncsc1C1CN(CC(C)C)C1. The van der Waals surface area contributed by atoms with Crippen molar-refractivity contribution in [1.29, 1.82) is 0 Å². The van der Waals surface area contributed by atoms with E-state index in [1.54, 1.807) is 16.8 Å². The molecular formula is C13H20N2O2S. The highest BCUT2D eigenvalue weighted by molar-refractivity contribution is 7.10. The quantitative estimate of drug-likeness (QED) is 0.769. The van der Waals surface area contributed by atoms with Gasteiger partial charge in [-0.05, 0) is 12.8 Å². The van der Waals surface area contributed by atoms with E-state index in [0.29, 0.717) is 24.1 Å². The number of aromatic nitrogens is 1. The Morgan fingerprint density at radius 1 is 1.61 bits per heavy atom. The molecule has 18 heavy (non-hydrogen) atoms. The largest absolute Gasteiger partial charge is 0.461 e. The molecule has 0 amide bonds. The van der Waals surface area contributed by atoms with E-state index in [4.69, 9.17) is 4.74 Å². The smallest absolute Gasteiger partial charge is 0.358 e. The van der Waals surface area contributed by atoms with Gasteiger partial charge in [0, 0.05) is 30.4 Å². The number of carbonyl (C=O) groups excluding carboxylic acids is 1. The Labute approximate surface area is 112 Å². The first-order valence-electron chi connectivity index (χ1n) is 6.44. The van der Waals surface area contributed by atoms with Crippen LogP contribution in [-0.2, 0) is 4.74 Å². The summed E-state index contributed by atoms with van der Waals surface area (Å²) in [5, 5.41) is 0. The lowest BCUT2D eigenvalue weighted by atomic mass is 9.96. The van der Waals surface area contributed by atoms with Crippen LogP contribution in [0.5, 0.6) is 0 Å². The van der Waals surface area contributed by atoms with Crippen molar-refractivity contribution < 1.29 is 9.53 Å². The van der Waals surface area contributed by atoms with Crippen LogP contribution in [0.25, 0.3) is 0 Å². The fourth-order valence-electron chi connectivity index (χ4n) is 2.30. The van der Waals surface area contributed by atoms with Crippen LogP contribution in [0.3, 0.4) is 0 Å². The molecule has 0 bridgehead atoms. The van der Waals surface area contributed by atoms with Gasteiger partial charge >= 0.3 is 5.97 Å². The number of rotatable bonds is 5. The third-order valence-corrected chi connectivity index (χ3v) is 4.01. The molecule has 5 heteroatoms. The van der Waals surface area contributed by atoms with E-state index in [2.05, 4.69) is 23.7 Å². The van der Waals surface area contributed by atoms with Crippen molar-refractivity contribution in [3.05, 3.63) is 16.1 Å². The Kier molecular flexibility index (Phi) is 4.35. The lowest BCUT2D eigenvalue weighted by Gasteiger charge is -2.39. The Balaban J connectivity index is 1.95. The van der Waals surface area contributed by atoms with Gasteiger partial charge in [0.25, 0.3) is 0 Å². The Bertz CT molecular complexity index is 411. The molecule has 0 aliphatic carbocycles. The first-order chi connectivity index (χ1) is 8.61. The number of esters is 1. The molecule has 1 aromatic rings. The summed E-state index contributed by atoms with van der Waals surface area (Å²) in [6.07, 6.45) is 0. The van der Waals surface area contributed by atoms with Gasteiger partial charge in [0.05, 0.1) is 12.1 Å². The number of nitrogens with zero attached hydrogens (tertiary/aromatic N) is 2. The van der Waals surface area contributed by atoms with Crippen molar-refractivity contribution in [3.8, 4) is 0 Å². The van der Waals surface area contributed by atoms with Gasteiger partial charge in [0.2, 0.25) is 0 Å². The maximum absolute atomic E-state index is 11.7. The molecule has 1 aliphatic heterocycles. The predicted octanol–water partition coefficient (Wildman–Crippen LogP) is 2.38. The maximum Gasteiger partial charge on any atom is 0.358 e. The number of ether oxygens (including phenoxy) is 1. The molecule has 1 aromatic heterocycles. The average molecular weight is 268 g/mol. The number of carbonyl (C=O) groups is 1. The van der Waals surface area contributed by atoms with E-state index in [0.717, 1.165) is 24.5 Å². The number of hydrogen-bond donors (Lipinski definition) is 0. The van der Waals surface area contributed by atoms with Crippen molar-refractivity contribution in [2.45, 2.75) is 26.7 Å². The first kappa shape index (κ1) is 13.5. The third-order valence-electron chi connectivity index (χ3n) is 3.01. The molecule has 4 nitrogen and oxygen atoms in total. The van der Waals surface area contributed by atoms with Gasteiger partial charge in [-0.15, -0.1) is 11.3 Å². The zero-order chi connectivity index (χ0) is 13.1. The van der Waals surface area contributed by atoms with E-state index >= 15 is 0 Å². The topological polar surface area (TPSA) is 42.4 Å². The van der Waals surface area contributed by atoms with Crippen LogP contribution in [0.15, 0.2) is 5.51 Å². The van der Waals surface area contributed by atoms with Gasteiger partial charge < -0.3 is 9.64 Å². The van der Waals surface area contributed by atoms with Crippen LogP contribution in [-0.4, -0.2) is 42.1 Å². The van der Waals surface area contributed by atoms with Gasteiger partial charge in [0.15, 0.2) is 5.69 Å². The highest BCUT2D eigenvalue weighted by Gasteiger charge is 2.33. The summed E-state index contributed by atoms with van der Waals surface area (Å²) < 4.78 is 5.03. The number of thiazole rings is 1. The van der Waals surface area contributed by atoms with Gasteiger partial charge in [-0.25, -0.2) is 9.78 Å². The minimum Gasteiger partial charge on any atom is -0.461 e. The molecule has 2 rings (SSSR count). The van der Waals surface area contributed by atoms with Crippen molar-refractivity contribution in [1.82, 2.24) is 9.88 Å². The summed E-state index contributed by atoms with van der Waals surface area (Å²) >= 11 is 1.57. The molecule has 0 spiro atoms. The summed E-state index contributed by atoms with van der Waals surface area (Å²) in [4.78, 5) is 19.4. The van der Waals surface area contributed by atoms with Gasteiger partial charge in [-0.2, -0.15) is 0 Å². The molecule has 1 fully saturated rings. The standard InChI is InChI=1S/C13H20N2O2S/c1-4-17-13(16)11-12(18-8-14-11)10-6-15(7-10)5-9(2)3/h8-10H,4-7H2,1-3H3. The Morgan fingerprint density at radius 3 is 2.94 bits per heavy atom. The average Bonchev–Trinajstić information content (AvgIpc) is 2.71. The lowest BCUT2D eigenvalue weighted by Crippen LogP contribution is -2.46. The van der Waals surface area contributed by atoms with Crippen LogP contribution in [0.4, 0.5) is 0 Å². The maximum atomic E-state index is 11.7. The lowest BCUT2D eigenvalue weighted by molar-refractivity contribution is 0.0514. The van der Waals surface area contributed by atoms with E-state index in [1.165, 1.54) is 0 Å². The first-order valence-corrected chi connectivity index (χ1v) is 7.32. The second-order valence-corrected chi connectivity index (χ2v) is 5.98. The molecule has 0 N–H and O–H groups in total. The molecular weight excluding hydrogens is 248 g/mol. The zero-order valence-electron chi connectivity index (χ0n) is 11.2. The van der Waals surface area contributed by atoms with E-state index in [-0.39, 0.29) is 5.97 Å². The minimum absolute atomic E-state index is 0.281. The predicted molar refractivity (Wildman–Crippen MR) is 72.1 cm³/mol. The van der Waals surface area contributed by atoms with Gasteiger partial charge in [-0.3, -0.25) is 0 Å². The molecule has 0 unspecified atom stereocenters. The molecule has 2 heterocycles. The zero-order valence-corrected chi connectivity index (χ0v) is 12.0. The van der Waals surface area contributed by atoms with Crippen LogP contribution in [0, 0.1) is 5.92 Å². The number of likely N-dealkylation sites (tertiary alicyclic amines) is 1. The van der Waals surface area contributed by atoms with Crippen LogP contribution in [0.1, 0.15) is 42.1 Å². The van der Waals surface area contributed by atoms with Crippen molar-refractivity contribution in [2.24, 2.45) is 5.92 Å². The Morgan fingerprint density at radius 2 is 2.33 bits per heavy atom. The van der Waals surface area contributed by atoms with Crippen LogP contribution in [0.2, 0.25) is 0 Å². The summed E-state index contributed by atoms with van der Waals surface area (Å²) in [6.45, 7) is 9.87. The van der Waals surface area contributed by atoms with Crippen molar-refractivity contribution >= 4 is 17.3 Å². The van der Waals surface area contributed by atoms with Crippen molar-refractivity contribution in [3.63, 3.8) is 0 Å². The Hall–Kier alpha value is -0.940. The van der Waals surface area contributed by atoms with Crippen molar-refractivity contribution in [2.75, 3.05) is 26.2 Å². The third kappa shape index (κ3) is 2.90. The molecule has 0 saturated carbocycles. The normalized spacial score (nSPS) is 16.9. The molecule has 0 radical (unpaired) electrons. The molecule has 0 atom stereocenters. The molecule has 1 aliphatic rings. The van der Waals surface area contributed by atoms with E-state index < -0.39 is 0 Å². The second-order valence-electron chi connectivity index (χ2n) is 5.10. The molecule has 1 saturated heterocycles. The minimum atomic E-state index is -0.281. The summed E-state index contributed by atoms with van der Waals surface area (Å²) in [7, 11) is 0. The van der Waals surface area contributed by atoms with E-state index in [9.17, 15) is 4.79 Å². The van der Waals surface area contributed by atoms with Crippen LogP contribution >= 0.6 is 11.3 Å². The highest BCUT2D eigenvalue weighted by atomic mass is 32.1. The molecule has 0 aromatic carbocycles. The number of hydrogen-bond acceptors (Lipinski definition) is 5. The fourth-order valence-corrected chi connectivity index (χ4v) is 3.16. The second kappa shape index (κ2) is 5.80. The van der Waals surface area contributed by atoms with Gasteiger partial charge in [-0.1, -0.05) is 13.8 Å². The van der Waals surface area contributed by atoms with E-state index in [1.807, 2.05) is 6.92 Å². The molecule has 100 valence electrons. The van der Waals surface area contributed by atoms with Gasteiger partial charge in [0.1, 0.15) is 0 Å². The highest BCUT2D eigenvalue weighted by Crippen LogP contribution is 2.32. The summed E-state index contributed by atoms with van der Waals surface area (Å²) in [5.41, 5.74) is 2.27. The fraction of sp³-hybridized carbons (Fsp3) is 0.692. The van der Waals surface area contributed by atoms with Crippen LogP contribution < -0.4 is 0 Å². The monoisotopic (exact) mass is 268 g/mol. The summed E-state index contributed by atoms with van der Waals surface area (Å²) in [5.74, 6) is 0.864.